The third-order valence-corrected chi connectivity index (χ3v) is 3.12. The first-order valence-electron chi connectivity index (χ1n) is 6.66. The average molecular weight is 303 g/mol. The van der Waals surface area contributed by atoms with Gasteiger partial charge >= 0.3 is 5.97 Å². The minimum Gasteiger partial charge on any atom is -0.494 e. The molecular formula is C15H17N3O4. The Bertz CT molecular complexity index is 709. The molecule has 1 atom stereocenters. The Labute approximate surface area is 127 Å². The van der Waals surface area contributed by atoms with Crippen LogP contribution in [0.15, 0.2) is 30.5 Å². The van der Waals surface area contributed by atoms with Crippen LogP contribution in [0.5, 0.6) is 5.75 Å². The monoisotopic (exact) mass is 303 g/mol. The molecule has 1 aromatic carbocycles. The maximum absolute atomic E-state index is 11.9. The molecule has 1 heterocycles. The van der Waals surface area contributed by atoms with Crippen LogP contribution in [-0.2, 0) is 4.79 Å². The van der Waals surface area contributed by atoms with E-state index in [9.17, 15) is 9.59 Å². The van der Waals surface area contributed by atoms with Crippen molar-refractivity contribution in [3.8, 4) is 11.4 Å². The first kappa shape index (κ1) is 15.6. The summed E-state index contributed by atoms with van der Waals surface area (Å²) in [5.41, 5.74) is 1.86. The third kappa shape index (κ3) is 3.25. The lowest BCUT2D eigenvalue weighted by Gasteiger charge is -2.09. The highest BCUT2D eigenvalue weighted by Crippen LogP contribution is 2.23. The highest BCUT2D eigenvalue weighted by Gasteiger charge is 2.18. The summed E-state index contributed by atoms with van der Waals surface area (Å²) in [5.74, 6) is -1.02. The molecule has 2 N–H and O–H groups in total. The van der Waals surface area contributed by atoms with Crippen molar-refractivity contribution in [2.75, 3.05) is 7.11 Å². The van der Waals surface area contributed by atoms with Gasteiger partial charge in [-0.2, -0.15) is 5.10 Å². The van der Waals surface area contributed by atoms with E-state index in [0.717, 1.165) is 5.56 Å². The minimum atomic E-state index is -1.10. The number of nitrogens with zero attached hydrogens (tertiary/aromatic N) is 2. The molecule has 1 aromatic heterocycles. The molecule has 7 heteroatoms. The predicted molar refractivity (Wildman–Crippen MR) is 79.4 cm³/mol. The Morgan fingerprint density at radius 2 is 2.09 bits per heavy atom. The van der Waals surface area contributed by atoms with Gasteiger partial charge in [-0.3, -0.25) is 9.59 Å². The predicted octanol–water partition coefficient (Wildman–Crippen LogP) is 1.39. The van der Waals surface area contributed by atoms with Crippen molar-refractivity contribution in [3.63, 3.8) is 0 Å². The van der Waals surface area contributed by atoms with Gasteiger partial charge in [0.25, 0.3) is 5.91 Å². The number of benzene rings is 1. The first-order chi connectivity index (χ1) is 10.4. The lowest BCUT2D eigenvalue weighted by molar-refractivity contribution is -0.138. The van der Waals surface area contributed by atoms with Crippen LogP contribution >= 0.6 is 0 Å². The summed E-state index contributed by atoms with van der Waals surface area (Å²) in [6.07, 6.45) is 1.62. The molecule has 0 saturated heterocycles. The van der Waals surface area contributed by atoms with Crippen LogP contribution in [0.25, 0.3) is 5.69 Å². The zero-order valence-electron chi connectivity index (χ0n) is 12.5. The molecule has 1 amide bonds. The average Bonchev–Trinajstić information content (AvgIpc) is 2.96. The van der Waals surface area contributed by atoms with E-state index >= 15 is 0 Å². The Morgan fingerprint density at radius 1 is 1.36 bits per heavy atom. The van der Waals surface area contributed by atoms with E-state index in [1.165, 1.54) is 17.7 Å². The maximum Gasteiger partial charge on any atom is 0.325 e. The molecule has 0 radical (unpaired) electrons. The quantitative estimate of drug-likeness (QED) is 0.870. The van der Waals surface area contributed by atoms with Crippen molar-refractivity contribution in [3.05, 3.63) is 41.7 Å². The molecule has 7 nitrogen and oxygen atoms in total. The van der Waals surface area contributed by atoms with Crippen molar-refractivity contribution in [1.29, 1.82) is 0 Å². The van der Waals surface area contributed by atoms with E-state index in [0.29, 0.717) is 11.4 Å². The fourth-order valence-electron chi connectivity index (χ4n) is 1.89. The van der Waals surface area contributed by atoms with Crippen molar-refractivity contribution in [2.45, 2.75) is 19.9 Å². The number of rotatable bonds is 5. The second-order valence-corrected chi connectivity index (χ2v) is 4.85. The fraction of sp³-hybridized carbons (Fsp3) is 0.267. The third-order valence-electron chi connectivity index (χ3n) is 3.12. The van der Waals surface area contributed by atoms with Gasteiger partial charge in [0.05, 0.1) is 7.11 Å². The second-order valence-electron chi connectivity index (χ2n) is 4.85. The van der Waals surface area contributed by atoms with Gasteiger partial charge in [-0.05, 0) is 37.6 Å². The molecular weight excluding hydrogens is 286 g/mol. The summed E-state index contributed by atoms with van der Waals surface area (Å²) < 4.78 is 6.80. The maximum atomic E-state index is 11.9. The number of hydrogen-bond donors (Lipinski definition) is 2. The van der Waals surface area contributed by atoms with Gasteiger partial charge in [0.1, 0.15) is 17.5 Å². The summed E-state index contributed by atoms with van der Waals surface area (Å²) in [4.78, 5) is 22.7. The number of hydrogen-bond acceptors (Lipinski definition) is 4. The van der Waals surface area contributed by atoms with Gasteiger partial charge in [-0.15, -0.1) is 0 Å². The van der Waals surface area contributed by atoms with Crippen molar-refractivity contribution < 1.29 is 19.4 Å². The van der Waals surface area contributed by atoms with Crippen LogP contribution in [0.1, 0.15) is 23.0 Å². The Kier molecular flexibility index (Phi) is 4.45. The minimum absolute atomic E-state index is 0.136. The normalized spacial score (nSPS) is 11.8. The molecule has 0 fully saturated rings. The second kappa shape index (κ2) is 6.30. The summed E-state index contributed by atoms with van der Waals surface area (Å²) >= 11 is 0. The van der Waals surface area contributed by atoms with E-state index < -0.39 is 17.9 Å². The van der Waals surface area contributed by atoms with E-state index in [4.69, 9.17) is 9.84 Å². The van der Waals surface area contributed by atoms with Gasteiger partial charge in [0.15, 0.2) is 5.69 Å². The van der Waals surface area contributed by atoms with Gasteiger partial charge in [-0.1, -0.05) is 6.07 Å². The topological polar surface area (TPSA) is 93.5 Å². The van der Waals surface area contributed by atoms with Crippen molar-refractivity contribution in [1.82, 2.24) is 15.1 Å². The van der Waals surface area contributed by atoms with Crippen LogP contribution in [0.3, 0.4) is 0 Å². The zero-order chi connectivity index (χ0) is 16.3. The van der Waals surface area contributed by atoms with E-state index in [-0.39, 0.29) is 5.69 Å². The molecule has 0 aliphatic carbocycles. The van der Waals surface area contributed by atoms with Crippen LogP contribution in [0.4, 0.5) is 0 Å². The van der Waals surface area contributed by atoms with Crippen LogP contribution in [-0.4, -0.2) is 39.9 Å². The molecule has 0 aliphatic rings. The van der Waals surface area contributed by atoms with Crippen molar-refractivity contribution >= 4 is 11.9 Å². The summed E-state index contributed by atoms with van der Waals surface area (Å²) in [7, 11) is 1.56. The number of methoxy groups -OCH3 is 1. The highest BCUT2D eigenvalue weighted by molar-refractivity contribution is 5.94. The molecule has 2 rings (SSSR count). The molecule has 2 aromatic rings. The highest BCUT2D eigenvalue weighted by atomic mass is 16.5. The first-order valence-corrected chi connectivity index (χ1v) is 6.66. The SMILES string of the molecule is COc1ccc(C)cc1-n1ccc(C(=O)N[C@H](C)C(=O)O)n1. The van der Waals surface area contributed by atoms with Crippen LogP contribution in [0, 0.1) is 6.92 Å². The number of carbonyl (C=O) groups excluding carboxylic acids is 1. The summed E-state index contributed by atoms with van der Waals surface area (Å²) in [6.45, 7) is 3.33. The number of aryl methyl sites for hydroxylation is 1. The Morgan fingerprint density at radius 3 is 2.73 bits per heavy atom. The van der Waals surface area contributed by atoms with E-state index in [1.54, 1.807) is 13.3 Å². The number of nitrogens with one attached hydrogen (secondary N) is 1. The molecule has 22 heavy (non-hydrogen) atoms. The standard InChI is InChI=1S/C15H17N3O4/c1-9-4-5-13(22-3)12(8-9)18-7-6-11(17-18)14(19)16-10(2)15(20)21/h4-8,10H,1-3H3,(H,16,19)(H,20,21)/t10-/m1/s1. The van der Waals surface area contributed by atoms with E-state index in [2.05, 4.69) is 10.4 Å². The number of amides is 1. The number of carbonyl (C=O) groups is 2. The number of aromatic nitrogens is 2. The summed E-state index contributed by atoms with van der Waals surface area (Å²) in [6, 6.07) is 6.15. The van der Waals surface area contributed by atoms with Gasteiger partial charge in [0, 0.05) is 6.20 Å². The van der Waals surface area contributed by atoms with Crippen molar-refractivity contribution in [2.24, 2.45) is 0 Å². The number of carboxylic acid groups (broad SMARTS) is 1. The number of aliphatic carboxylic acids is 1. The smallest absolute Gasteiger partial charge is 0.325 e. The zero-order valence-corrected chi connectivity index (χ0v) is 12.5. The van der Waals surface area contributed by atoms with Crippen LogP contribution < -0.4 is 10.1 Å². The molecule has 116 valence electrons. The largest absolute Gasteiger partial charge is 0.494 e. The molecule has 0 spiro atoms. The number of carboxylic acids is 1. The van der Waals surface area contributed by atoms with Crippen LogP contribution in [0.2, 0.25) is 0 Å². The molecule has 0 aliphatic heterocycles. The Hall–Kier alpha value is -2.83. The molecule has 0 saturated carbocycles. The van der Waals surface area contributed by atoms with Gasteiger partial charge in [-0.25, -0.2) is 4.68 Å². The molecule has 0 unspecified atom stereocenters. The van der Waals surface area contributed by atoms with Gasteiger partial charge in [0.2, 0.25) is 0 Å². The van der Waals surface area contributed by atoms with E-state index in [1.807, 2.05) is 25.1 Å². The Balaban J connectivity index is 2.27. The molecule has 0 bridgehead atoms. The van der Waals surface area contributed by atoms with Gasteiger partial charge < -0.3 is 15.2 Å². The lowest BCUT2D eigenvalue weighted by atomic mass is 10.2. The number of ether oxygens (including phenoxy) is 1. The lowest BCUT2D eigenvalue weighted by Crippen LogP contribution is -2.38. The summed E-state index contributed by atoms with van der Waals surface area (Å²) in [5, 5.41) is 15.3. The fourth-order valence-corrected chi connectivity index (χ4v) is 1.89.